The maximum absolute atomic E-state index is 9.97. The van der Waals surface area contributed by atoms with Crippen molar-refractivity contribution < 1.29 is 9.59 Å². The van der Waals surface area contributed by atoms with Crippen molar-refractivity contribution in [1.82, 2.24) is 4.90 Å². The maximum Gasteiger partial charge on any atom is 0.314 e. The molecule has 15 heavy (non-hydrogen) atoms. The Balaban J connectivity index is 0.000000288. The molecule has 0 aliphatic rings. The average molecular weight is 208 g/mol. The molecule has 0 spiro atoms. The zero-order valence-corrected chi connectivity index (χ0v) is 9.01. The molecule has 4 heteroatoms. The van der Waals surface area contributed by atoms with E-state index in [1.165, 1.54) is 4.90 Å². The molecule has 0 saturated carbocycles. The fourth-order valence-corrected chi connectivity index (χ4v) is 0.710. The van der Waals surface area contributed by atoms with E-state index >= 15 is 0 Å². The molecule has 82 valence electrons. The van der Waals surface area contributed by atoms with Gasteiger partial charge in [0.2, 0.25) is 0 Å². The van der Waals surface area contributed by atoms with Crippen molar-refractivity contribution in [2.45, 2.75) is 6.42 Å². The molecule has 0 fully saturated rings. The van der Waals surface area contributed by atoms with Gasteiger partial charge in [-0.2, -0.15) is 0 Å². The average Bonchev–Trinajstić information content (AvgIpc) is 2.20. The number of urea groups is 1. The Morgan fingerprint density at radius 3 is 2.13 bits per heavy atom. The van der Waals surface area contributed by atoms with Gasteiger partial charge in [-0.1, -0.05) is 30.3 Å². The molecular formula is C11H16N2O2. The van der Waals surface area contributed by atoms with Crippen LogP contribution in [0, 0.1) is 0 Å². The quantitative estimate of drug-likeness (QED) is 0.738. The predicted molar refractivity (Wildman–Crippen MR) is 59.5 cm³/mol. The van der Waals surface area contributed by atoms with Gasteiger partial charge in [-0.05, 0) is 5.56 Å². The second-order valence-electron chi connectivity index (χ2n) is 3.09. The zero-order valence-electron chi connectivity index (χ0n) is 9.01. The molecule has 4 nitrogen and oxygen atoms in total. The summed E-state index contributed by atoms with van der Waals surface area (Å²) >= 11 is 0. The molecule has 1 aromatic rings. The molecule has 2 amide bonds. The zero-order chi connectivity index (χ0) is 11.7. The van der Waals surface area contributed by atoms with Crippen LogP contribution < -0.4 is 5.73 Å². The third-order valence-corrected chi connectivity index (χ3v) is 1.60. The topological polar surface area (TPSA) is 63.4 Å². The Morgan fingerprint density at radius 2 is 1.80 bits per heavy atom. The number of rotatable bonds is 2. The molecule has 0 bridgehead atoms. The number of nitrogens with zero attached hydrogens (tertiary/aromatic N) is 1. The molecule has 1 aromatic carbocycles. The van der Waals surface area contributed by atoms with Gasteiger partial charge < -0.3 is 15.4 Å². The van der Waals surface area contributed by atoms with Crippen LogP contribution in [0.1, 0.15) is 5.56 Å². The lowest BCUT2D eigenvalue weighted by Crippen LogP contribution is -2.27. The van der Waals surface area contributed by atoms with Gasteiger partial charge in [0.15, 0.2) is 0 Å². The van der Waals surface area contributed by atoms with Gasteiger partial charge in [0.1, 0.15) is 6.29 Å². The highest BCUT2D eigenvalue weighted by Gasteiger charge is 1.88. The standard InChI is InChI=1S/C8H8O.C3H8N2O/c9-7-6-8-4-2-1-3-5-8;1-5(2)3(4)6/h1-5,7H,6H2;1-2H3,(H2,4,6). The number of carbonyl (C=O) groups excluding carboxylic acids is 2. The number of primary amides is 1. The van der Waals surface area contributed by atoms with Crippen LogP contribution in [0.2, 0.25) is 0 Å². The minimum absolute atomic E-state index is 0.407. The summed E-state index contributed by atoms with van der Waals surface area (Å²) in [5.74, 6) is 0. The van der Waals surface area contributed by atoms with Gasteiger partial charge >= 0.3 is 6.03 Å². The summed E-state index contributed by atoms with van der Waals surface area (Å²) in [6.45, 7) is 0. The summed E-state index contributed by atoms with van der Waals surface area (Å²) in [6, 6.07) is 9.27. The lowest BCUT2D eigenvalue weighted by Gasteiger charge is -2.01. The third-order valence-electron chi connectivity index (χ3n) is 1.60. The second-order valence-corrected chi connectivity index (χ2v) is 3.09. The first-order valence-electron chi connectivity index (χ1n) is 4.52. The van der Waals surface area contributed by atoms with E-state index in [2.05, 4.69) is 0 Å². The van der Waals surface area contributed by atoms with E-state index in [1.807, 2.05) is 30.3 Å². The van der Waals surface area contributed by atoms with Crippen molar-refractivity contribution >= 4 is 12.3 Å². The van der Waals surface area contributed by atoms with Crippen molar-refractivity contribution in [1.29, 1.82) is 0 Å². The molecule has 0 saturated heterocycles. The van der Waals surface area contributed by atoms with Crippen molar-refractivity contribution in [3.8, 4) is 0 Å². The number of hydrogen-bond donors (Lipinski definition) is 1. The maximum atomic E-state index is 9.97. The number of carbonyl (C=O) groups is 2. The van der Waals surface area contributed by atoms with Crippen LogP contribution in [-0.2, 0) is 11.2 Å². The Hall–Kier alpha value is -1.84. The van der Waals surface area contributed by atoms with Crippen LogP contribution in [0.25, 0.3) is 0 Å². The molecule has 2 N–H and O–H groups in total. The van der Waals surface area contributed by atoms with Crippen molar-refractivity contribution in [2.75, 3.05) is 14.1 Å². The molecule has 0 aliphatic carbocycles. The van der Waals surface area contributed by atoms with E-state index in [0.29, 0.717) is 6.42 Å². The van der Waals surface area contributed by atoms with Gasteiger partial charge in [0.05, 0.1) is 0 Å². The van der Waals surface area contributed by atoms with E-state index in [9.17, 15) is 9.59 Å². The Morgan fingerprint density at radius 1 is 1.33 bits per heavy atom. The van der Waals surface area contributed by atoms with Crippen LogP contribution in [0.4, 0.5) is 4.79 Å². The van der Waals surface area contributed by atoms with E-state index in [0.717, 1.165) is 11.8 Å². The molecule has 0 heterocycles. The van der Waals surface area contributed by atoms with Gasteiger partial charge in [0, 0.05) is 20.5 Å². The largest absolute Gasteiger partial charge is 0.352 e. The fourth-order valence-electron chi connectivity index (χ4n) is 0.710. The SMILES string of the molecule is CN(C)C(N)=O.O=CCc1ccccc1. The smallest absolute Gasteiger partial charge is 0.314 e. The normalized spacial score (nSPS) is 8.40. The monoisotopic (exact) mass is 208 g/mol. The molecule has 0 unspecified atom stereocenters. The molecule has 1 rings (SSSR count). The Kier molecular flexibility index (Phi) is 6.63. The van der Waals surface area contributed by atoms with Crippen molar-refractivity contribution in [3.63, 3.8) is 0 Å². The highest BCUT2D eigenvalue weighted by Crippen LogP contribution is 1.96. The minimum Gasteiger partial charge on any atom is -0.352 e. The summed E-state index contributed by atoms with van der Waals surface area (Å²) in [5.41, 5.74) is 5.80. The summed E-state index contributed by atoms with van der Waals surface area (Å²) in [7, 11) is 3.20. The highest BCUT2D eigenvalue weighted by atomic mass is 16.2. The van der Waals surface area contributed by atoms with Gasteiger partial charge in [-0.3, -0.25) is 0 Å². The highest BCUT2D eigenvalue weighted by molar-refractivity contribution is 5.71. The Labute approximate surface area is 89.7 Å². The van der Waals surface area contributed by atoms with Crippen molar-refractivity contribution in [3.05, 3.63) is 35.9 Å². The first-order chi connectivity index (χ1) is 7.07. The van der Waals surface area contributed by atoms with Crippen molar-refractivity contribution in [2.24, 2.45) is 5.73 Å². The van der Waals surface area contributed by atoms with Gasteiger partial charge in [-0.15, -0.1) is 0 Å². The van der Waals surface area contributed by atoms with Crippen LogP contribution in [-0.4, -0.2) is 31.3 Å². The van der Waals surface area contributed by atoms with Crippen LogP contribution in [0.15, 0.2) is 30.3 Å². The van der Waals surface area contributed by atoms with E-state index < -0.39 is 6.03 Å². The molecular weight excluding hydrogens is 192 g/mol. The van der Waals surface area contributed by atoms with Crippen LogP contribution in [0.5, 0.6) is 0 Å². The summed E-state index contributed by atoms with van der Waals surface area (Å²) in [4.78, 5) is 21.1. The Bertz CT molecular complexity index is 297. The number of nitrogens with two attached hydrogens (primary N) is 1. The molecule has 0 radical (unpaired) electrons. The molecule has 0 aliphatic heterocycles. The van der Waals surface area contributed by atoms with E-state index in [4.69, 9.17) is 5.73 Å². The fraction of sp³-hybridized carbons (Fsp3) is 0.273. The second kappa shape index (κ2) is 7.55. The van der Waals surface area contributed by atoms with Gasteiger partial charge in [0.25, 0.3) is 0 Å². The van der Waals surface area contributed by atoms with Gasteiger partial charge in [-0.25, -0.2) is 4.79 Å². The minimum atomic E-state index is -0.407. The lowest BCUT2D eigenvalue weighted by atomic mass is 10.2. The number of aldehydes is 1. The summed E-state index contributed by atoms with van der Waals surface area (Å²) in [5, 5.41) is 0. The molecule has 0 aromatic heterocycles. The van der Waals surface area contributed by atoms with Crippen LogP contribution >= 0.6 is 0 Å². The number of hydrogen-bond acceptors (Lipinski definition) is 2. The van der Waals surface area contributed by atoms with Crippen LogP contribution in [0.3, 0.4) is 0 Å². The molecule has 0 atom stereocenters. The summed E-state index contributed by atoms with van der Waals surface area (Å²) in [6.07, 6.45) is 1.44. The van der Waals surface area contributed by atoms with E-state index in [1.54, 1.807) is 14.1 Å². The first kappa shape index (κ1) is 13.2. The number of amides is 2. The first-order valence-corrected chi connectivity index (χ1v) is 4.52. The lowest BCUT2D eigenvalue weighted by molar-refractivity contribution is -0.107. The van der Waals surface area contributed by atoms with E-state index in [-0.39, 0.29) is 0 Å². The number of benzene rings is 1. The predicted octanol–water partition coefficient (Wildman–Crippen LogP) is 1.05. The third kappa shape index (κ3) is 7.25. The summed E-state index contributed by atoms with van der Waals surface area (Å²) < 4.78 is 0.